The highest BCUT2D eigenvalue weighted by molar-refractivity contribution is 5.70. The summed E-state index contributed by atoms with van der Waals surface area (Å²) in [7, 11) is 0. The van der Waals surface area contributed by atoms with Gasteiger partial charge in [-0.05, 0) is 31.7 Å². The predicted octanol–water partition coefficient (Wildman–Crippen LogP) is 2.99. The SMILES string of the molecule is CC1COc2ccccc2C1NC1CCC(C(=O)O)CC1. The molecule has 1 heterocycles. The minimum atomic E-state index is -0.641. The van der Waals surface area contributed by atoms with Crippen LogP contribution in [0.25, 0.3) is 0 Å². The Hall–Kier alpha value is -1.55. The number of carbonyl (C=O) groups is 1. The maximum atomic E-state index is 11.0. The molecule has 1 saturated carbocycles. The second-order valence-corrected chi connectivity index (χ2v) is 6.36. The Morgan fingerprint density at radius 3 is 2.67 bits per heavy atom. The summed E-state index contributed by atoms with van der Waals surface area (Å²) in [5.41, 5.74) is 1.23. The van der Waals surface area contributed by atoms with E-state index in [1.54, 1.807) is 0 Å². The number of nitrogens with one attached hydrogen (secondary N) is 1. The molecule has 2 N–H and O–H groups in total. The quantitative estimate of drug-likeness (QED) is 0.898. The van der Waals surface area contributed by atoms with Crippen LogP contribution in [0.4, 0.5) is 0 Å². The molecule has 2 atom stereocenters. The van der Waals surface area contributed by atoms with Crippen LogP contribution < -0.4 is 10.1 Å². The fraction of sp³-hybridized carbons (Fsp3) is 0.588. The lowest BCUT2D eigenvalue weighted by atomic mass is 9.84. The highest BCUT2D eigenvalue weighted by atomic mass is 16.5. The first-order valence-corrected chi connectivity index (χ1v) is 7.85. The molecule has 0 spiro atoms. The van der Waals surface area contributed by atoms with Crippen molar-refractivity contribution in [2.45, 2.75) is 44.7 Å². The van der Waals surface area contributed by atoms with Gasteiger partial charge in [0.15, 0.2) is 0 Å². The average molecular weight is 289 g/mol. The van der Waals surface area contributed by atoms with Crippen molar-refractivity contribution in [2.24, 2.45) is 11.8 Å². The highest BCUT2D eigenvalue weighted by Crippen LogP contribution is 2.36. The Morgan fingerprint density at radius 1 is 1.24 bits per heavy atom. The van der Waals surface area contributed by atoms with E-state index >= 15 is 0 Å². The third-order valence-corrected chi connectivity index (χ3v) is 4.82. The van der Waals surface area contributed by atoms with Crippen LogP contribution in [0.15, 0.2) is 24.3 Å². The van der Waals surface area contributed by atoms with Crippen LogP contribution in [0.3, 0.4) is 0 Å². The molecule has 0 bridgehead atoms. The van der Waals surface area contributed by atoms with Gasteiger partial charge < -0.3 is 15.2 Å². The monoisotopic (exact) mass is 289 g/mol. The minimum Gasteiger partial charge on any atom is -0.493 e. The summed E-state index contributed by atoms with van der Waals surface area (Å²) in [6, 6.07) is 8.93. The van der Waals surface area contributed by atoms with Crippen molar-refractivity contribution in [3.8, 4) is 5.75 Å². The van der Waals surface area contributed by atoms with Gasteiger partial charge in [0, 0.05) is 23.6 Å². The minimum absolute atomic E-state index is 0.151. The highest BCUT2D eigenvalue weighted by Gasteiger charge is 2.32. The molecule has 2 aliphatic rings. The third-order valence-electron chi connectivity index (χ3n) is 4.82. The van der Waals surface area contributed by atoms with Crippen LogP contribution >= 0.6 is 0 Å². The molecular weight excluding hydrogens is 266 g/mol. The predicted molar refractivity (Wildman–Crippen MR) is 80.4 cm³/mol. The van der Waals surface area contributed by atoms with Gasteiger partial charge in [0.1, 0.15) is 5.75 Å². The topological polar surface area (TPSA) is 58.6 Å². The number of hydrogen-bond donors (Lipinski definition) is 2. The first-order valence-electron chi connectivity index (χ1n) is 7.85. The van der Waals surface area contributed by atoms with Crippen molar-refractivity contribution in [2.75, 3.05) is 6.61 Å². The summed E-state index contributed by atoms with van der Waals surface area (Å²) in [5, 5.41) is 12.8. The van der Waals surface area contributed by atoms with Gasteiger partial charge in [0.25, 0.3) is 0 Å². The number of carboxylic acids is 1. The Morgan fingerprint density at radius 2 is 1.95 bits per heavy atom. The van der Waals surface area contributed by atoms with Crippen LogP contribution in [-0.2, 0) is 4.79 Å². The van der Waals surface area contributed by atoms with Crippen LogP contribution in [0.2, 0.25) is 0 Å². The van der Waals surface area contributed by atoms with E-state index in [2.05, 4.69) is 24.4 Å². The maximum Gasteiger partial charge on any atom is 0.306 e. The zero-order chi connectivity index (χ0) is 14.8. The molecule has 0 aromatic heterocycles. The summed E-state index contributed by atoms with van der Waals surface area (Å²) in [6.45, 7) is 2.94. The van der Waals surface area contributed by atoms with E-state index in [0.717, 1.165) is 38.0 Å². The lowest BCUT2D eigenvalue weighted by molar-refractivity contribution is -0.142. The fourth-order valence-electron chi connectivity index (χ4n) is 3.51. The molecule has 1 aliphatic carbocycles. The van der Waals surface area contributed by atoms with Gasteiger partial charge in [-0.2, -0.15) is 0 Å². The Kier molecular flexibility index (Phi) is 4.15. The number of hydrogen-bond acceptors (Lipinski definition) is 3. The van der Waals surface area contributed by atoms with E-state index in [1.165, 1.54) is 5.56 Å². The van der Waals surface area contributed by atoms with Gasteiger partial charge >= 0.3 is 5.97 Å². The van der Waals surface area contributed by atoms with Gasteiger partial charge in [0.2, 0.25) is 0 Å². The molecule has 4 nitrogen and oxygen atoms in total. The summed E-state index contributed by atoms with van der Waals surface area (Å²) >= 11 is 0. The summed E-state index contributed by atoms with van der Waals surface area (Å²) in [4.78, 5) is 11.0. The normalized spacial score (nSPS) is 32.0. The lowest BCUT2D eigenvalue weighted by Crippen LogP contribution is -2.42. The van der Waals surface area contributed by atoms with Gasteiger partial charge in [0.05, 0.1) is 12.5 Å². The number of rotatable bonds is 3. The molecular formula is C17H23NO3. The fourth-order valence-corrected chi connectivity index (χ4v) is 3.51. The lowest BCUT2D eigenvalue weighted by Gasteiger charge is -2.37. The number of fused-ring (bicyclic) bond motifs is 1. The number of aliphatic carboxylic acids is 1. The van der Waals surface area contributed by atoms with Crippen molar-refractivity contribution in [3.05, 3.63) is 29.8 Å². The second-order valence-electron chi connectivity index (χ2n) is 6.36. The molecule has 3 rings (SSSR count). The maximum absolute atomic E-state index is 11.0. The van der Waals surface area contributed by atoms with Crippen molar-refractivity contribution in [1.82, 2.24) is 5.32 Å². The molecule has 1 aromatic carbocycles. The Labute approximate surface area is 125 Å². The molecule has 1 aromatic rings. The molecule has 4 heteroatoms. The van der Waals surface area contributed by atoms with E-state index in [1.807, 2.05) is 12.1 Å². The zero-order valence-corrected chi connectivity index (χ0v) is 12.4. The number of para-hydroxylation sites is 1. The molecule has 21 heavy (non-hydrogen) atoms. The van der Waals surface area contributed by atoms with Gasteiger partial charge in [-0.25, -0.2) is 0 Å². The Balaban J connectivity index is 1.67. The van der Waals surface area contributed by atoms with Gasteiger partial charge in [-0.15, -0.1) is 0 Å². The molecule has 0 radical (unpaired) electrons. The van der Waals surface area contributed by atoms with E-state index in [-0.39, 0.29) is 5.92 Å². The zero-order valence-electron chi connectivity index (χ0n) is 12.4. The number of carboxylic acid groups (broad SMARTS) is 1. The first-order chi connectivity index (χ1) is 10.1. The standard InChI is InChI=1S/C17H23NO3/c1-11-10-21-15-5-3-2-4-14(15)16(11)18-13-8-6-12(7-9-13)17(19)20/h2-5,11-13,16,18H,6-10H2,1H3,(H,19,20). The van der Waals surface area contributed by atoms with E-state index in [0.29, 0.717) is 18.0 Å². The summed E-state index contributed by atoms with van der Waals surface area (Å²) < 4.78 is 5.79. The van der Waals surface area contributed by atoms with Crippen molar-refractivity contribution in [3.63, 3.8) is 0 Å². The second kappa shape index (κ2) is 6.06. The number of benzene rings is 1. The molecule has 1 fully saturated rings. The first kappa shape index (κ1) is 14.4. The molecule has 0 amide bonds. The Bertz CT molecular complexity index is 509. The van der Waals surface area contributed by atoms with Crippen LogP contribution in [0, 0.1) is 11.8 Å². The van der Waals surface area contributed by atoms with Gasteiger partial charge in [-0.1, -0.05) is 25.1 Å². The van der Waals surface area contributed by atoms with Crippen molar-refractivity contribution in [1.29, 1.82) is 0 Å². The van der Waals surface area contributed by atoms with Crippen molar-refractivity contribution < 1.29 is 14.6 Å². The van der Waals surface area contributed by atoms with E-state index in [9.17, 15) is 4.79 Å². The van der Waals surface area contributed by atoms with Gasteiger partial charge in [-0.3, -0.25) is 4.79 Å². The number of ether oxygens (including phenoxy) is 1. The largest absolute Gasteiger partial charge is 0.493 e. The third kappa shape index (κ3) is 3.05. The average Bonchev–Trinajstić information content (AvgIpc) is 2.51. The molecule has 0 saturated heterocycles. The molecule has 114 valence electrons. The van der Waals surface area contributed by atoms with Crippen molar-refractivity contribution >= 4 is 5.97 Å². The smallest absolute Gasteiger partial charge is 0.306 e. The molecule has 2 unspecified atom stereocenters. The summed E-state index contributed by atoms with van der Waals surface area (Å²) in [6.07, 6.45) is 3.46. The van der Waals surface area contributed by atoms with Crippen LogP contribution in [0.1, 0.15) is 44.2 Å². The van der Waals surface area contributed by atoms with E-state index in [4.69, 9.17) is 9.84 Å². The summed E-state index contributed by atoms with van der Waals surface area (Å²) in [5.74, 6) is 0.616. The van der Waals surface area contributed by atoms with Crippen LogP contribution in [0.5, 0.6) is 5.75 Å². The molecule has 1 aliphatic heterocycles. The van der Waals surface area contributed by atoms with Crippen LogP contribution in [-0.4, -0.2) is 23.7 Å². The van der Waals surface area contributed by atoms with E-state index < -0.39 is 5.97 Å².